The molecule has 0 spiro atoms. The highest BCUT2D eigenvalue weighted by Gasteiger charge is 2.22. The largest absolute Gasteiger partial charge is 0.480 e. The number of primary amides is 1. The second-order valence-corrected chi connectivity index (χ2v) is 3.86. The standard InChI is InChI=1S/C11H14N2O5/c1-6-4-8(18-5-6)10(15)13-7(11(16)17)2-3-9(12)14/h4-5,7H,2-3H2,1H3,(H2,12,14)(H,13,15)(H,16,17)/t7-/m0/s1. The van der Waals surface area contributed by atoms with E-state index in [1.54, 1.807) is 6.92 Å². The molecule has 1 aromatic heterocycles. The summed E-state index contributed by atoms with van der Waals surface area (Å²) in [5.41, 5.74) is 5.68. The Labute approximate surface area is 103 Å². The molecule has 7 heteroatoms. The predicted molar refractivity (Wildman–Crippen MR) is 60.8 cm³/mol. The fourth-order valence-electron chi connectivity index (χ4n) is 1.32. The fourth-order valence-corrected chi connectivity index (χ4v) is 1.32. The Balaban J connectivity index is 2.63. The van der Waals surface area contributed by atoms with E-state index in [2.05, 4.69) is 5.32 Å². The van der Waals surface area contributed by atoms with Crippen molar-refractivity contribution in [3.05, 3.63) is 23.7 Å². The Morgan fingerprint density at radius 3 is 2.61 bits per heavy atom. The lowest BCUT2D eigenvalue weighted by Crippen LogP contribution is -2.41. The maximum atomic E-state index is 11.6. The van der Waals surface area contributed by atoms with Crippen molar-refractivity contribution in [1.82, 2.24) is 5.32 Å². The monoisotopic (exact) mass is 254 g/mol. The number of carboxylic acids is 1. The predicted octanol–water partition coefficient (Wildman–Crippen LogP) is 0.0365. The topological polar surface area (TPSA) is 123 Å². The summed E-state index contributed by atoms with van der Waals surface area (Å²) in [6.45, 7) is 1.74. The summed E-state index contributed by atoms with van der Waals surface area (Å²) in [5.74, 6) is -2.46. The Kier molecular flexibility index (Phi) is 4.47. The second kappa shape index (κ2) is 5.85. The molecule has 98 valence electrons. The number of rotatable bonds is 6. The number of carbonyl (C=O) groups excluding carboxylic acids is 2. The Hall–Kier alpha value is -2.31. The third-order valence-corrected chi connectivity index (χ3v) is 2.24. The average Bonchev–Trinajstić information content (AvgIpc) is 2.70. The molecule has 0 radical (unpaired) electrons. The molecule has 0 saturated heterocycles. The van der Waals surface area contributed by atoms with Crippen molar-refractivity contribution >= 4 is 17.8 Å². The van der Waals surface area contributed by atoms with Crippen molar-refractivity contribution in [2.45, 2.75) is 25.8 Å². The fraction of sp³-hybridized carbons (Fsp3) is 0.364. The Morgan fingerprint density at radius 1 is 1.50 bits per heavy atom. The van der Waals surface area contributed by atoms with Crippen molar-refractivity contribution < 1.29 is 23.9 Å². The molecule has 0 aliphatic heterocycles. The minimum absolute atomic E-state index is 0.0258. The molecular weight excluding hydrogens is 240 g/mol. The van der Waals surface area contributed by atoms with Crippen LogP contribution in [0.1, 0.15) is 29.0 Å². The summed E-state index contributed by atoms with van der Waals surface area (Å²) < 4.78 is 4.94. The first-order chi connectivity index (χ1) is 8.40. The van der Waals surface area contributed by atoms with Crippen LogP contribution >= 0.6 is 0 Å². The average molecular weight is 254 g/mol. The molecule has 4 N–H and O–H groups in total. The van der Waals surface area contributed by atoms with Gasteiger partial charge in [0.05, 0.1) is 6.26 Å². The third-order valence-electron chi connectivity index (χ3n) is 2.24. The van der Waals surface area contributed by atoms with Gasteiger partial charge in [0.1, 0.15) is 6.04 Å². The number of hydrogen-bond acceptors (Lipinski definition) is 4. The number of aliphatic carboxylic acids is 1. The number of hydrogen-bond donors (Lipinski definition) is 3. The van der Waals surface area contributed by atoms with Crippen molar-refractivity contribution in [1.29, 1.82) is 0 Å². The minimum Gasteiger partial charge on any atom is -0.480 e. The maximum Gasteiger partial charge on any atom is 0.326 e. The van der Waals surface area contributed by atoms with Crippen LogP contribution in [0, 0.1) is 6.92 Å². The molecule has 0 unspecified atom stereocenters. The molecule has 0 bridgehead atoms. The summed E-state index contributed by atoms with van der Waals surface area (Å²) in [7, 11) is 0. The maximum absolute atomic E-state index is 11.6. The van der Waals surface area contributed by atoms with Gasteiger partial charge in [-0.15, -0.1) is 0 Å². The van der Waals surface area contributed by atoms with Crippen molar-refractivity contribution in [3.63, 3.8) is 0 Å². The Morgan fingerprint density at radius 2 is 2.17 bits per heavy atom. The lowest BCUT2D eigenvalue weighted by molar-refractivity contribution is -0.139. The number of carbonyl (C=O) groups is 3. The number of carboxylic acid groups (broad SMARTS) is 1. The first kappa shape index (κ1) is 13.8. The van der Waals surface area contributed by atoms with Crippen LogP contribution in [-0.4, -0.2) is 28.9 Å². The third kappa shape index (κ3) is 3.93. The molecule has 0 aliphatic carbocycles. The van der Waals surface area contributed by atoms with Crippen LogP contribution in [0.4, 0.5) is 0 Å². The van der Waals surface area contributed by atoms with Gasteiger partial charge in [-0.05, 0) is 25.0 Å². The smallest absolute Gasteiger partial charge is 0.326 e. The van der Waals surface area contributed by atoms with E-state index in [1.807, 2.05) is 0 Å². The minimum atomic E-state index is -1.23. The van der Waals surface area contributed by atoms with E-state index in [4.69, 9.17) is 15.3 Å². The zero-order valence-corrected chi connectivity index (χ0v) is 9.80. The van der Waals surface area contributed by atoms with Crippen LogP contribution in [0.25, 0.3) is 0 Å². The number of amides is 2. The highest BCUT2D eigenvalue weighted by Crippen LogP contribution is 2.07. The molecule has 0 aliphatic rings. The highest BCUT2D eigenvalue weighted by atomic mass is 16.4. The summed E-state index contributed by atoms with van der Waals surface area (Å²) in [6.07, 6.45) is 1.21. The Bertz CT molecular complexity index is 466. The van der Waals surface area contributed by atoms with Crippen LogP contribution in [0.3, 0.4) is 0 Å². The SMILES string of the molecule is Cc1coc(C(=O)N[C@@H](CCC(N)=O)C(=O)O)c1. The van der Waals surface area contributed by atoms with Gasteiger partial charge in [-0.2, -0.15) is 0 Å². The van der Waals surface area contributed by atoms with Crippen molar-refractivity contribution in [2.75, 3.05) is 0 Å². The molecule has 0 saturated carbocycles. The van der Waals surface area contributed by atoms with Crippen LogP contribution in [-0.2, 0) is 9.59 Å². The van der Waals surface area contributed by atoms with Crippen LogP contribution < -0.4 is 11.1 Å². The van der Waals surface area contributed by atoms with Gasteiger partial charge >= 0.3 is 5.97 Å². The molecule has 0 fully saturated rings. The summed E-state index contributed by atoms with van der Waals surface area (Å²) in [6, 6.07) is 0.318. The molecule has 1 aromatic rings. The van der Waals surface area contributed by atoms with Gasteiger partial charge in [-0.1, -0.05) is 0 Å². The van der Waals surface area contributed by atoms with Gasteiger partial charge < -0.3 is 20.6 Å². The van der Waals surface area contributed by atoms with Gasteiger partial charge in [-0.3, -0.25) is 9.59 Å². The molecule has 1 rings (SSSR count). The molecule has 18 heavy (non-hydrogen) atoms. The quantitative estimate of drug-likeness (QED) is 0.661. The normalized spacial score (nSPS) is 11.8. The first-order valence-corrected chi connectivity index (χ1v) is 5.27. The van der Waals surface area contributed by atoms with Crippen molar-refractivity contribution in [2.24, 2.45) is 5.73 Å². The van der Waals surface area contributed by atoms with Crippen molar-refractivity contribution in [3.8, 4) is 0 Å². The summed E-state index contributed by atoms with van der Waals surface area (Å²) in [4.78, 5) is 33.1. The zero-order valence-electron chi connectivity index (χ0n) is 9.80. The van der Waals surface area contributed by atoms with Gasteiger partial charge in [-0.25, -0.2) is 4.79 Å². The van der Waals surface area contributed by atoms with E-state index in [1.165, 1.54) is 12.3 Å². The zero-order chi connectivity index (χ0) is 13.7. The van der Waals surface area contributed by atoms with Gasteiger partial charge in [0.15, 0.2) is 5.76 Å². The van der Waals surface area contributed by atoms with E-state index in [9.17, 15) is 14.4 Å². The summed E-state index contributed by atoms with van der Waals surface area (Å²) >= 11 is 0. The van der Waals surface area contributed by atoms with Crippen LogP contribution in [0.15, 0.2) is 16.7 Å². The second-order valence-electron chi connectivity index (χ2n) is 3.86. The van der Waals surface area contributed by atoms with Gasteiger partial charge in [0.2, 0.25) is 5.91 Å². The van der Waals surface area contributed by atoms with E-state index >= 15 is 0 Å². The van der Waals surface area contributed by atoms with Crippen LogP contribution in [0.5, 0.6) is 0 Å². The van der Waals surface area contributed by atoms with E-state index in [0.717, 1.165) is 5.56 Å². The van der Waals surface area contributed by atoms with E-state index < -0.39 is 23.8 Å². The number of nitrogens with two attached hydrogens (primary N) is 1. The van der Waals surface area contributed by atoms with Gasteiger partial charge in [0.25, 0.3) is 5.91 Å². The molecule has 1 heterocycles. The molecule has 7 nitrogen and oxygen atoms in total. The highest BCUT2D eigenvalue weighted by molar-refractivity contribution is 5.94. The number of aryl methyl sites for hydroxylation is 1. The number of nitrogens with one attached hydrogen (secondary N) is 1. The number of furan rings is 1. The van der Waals surface area contributed by atoms with Crippen LogP contribution in [0.2, 0.25) is 0 Å². The molecule has 2 amide bonds. The van der Waals surface area contributed by atoms with Gasteiger partial charge in [0, 0.05) is 6.42 Å². The van der Waals surface area contributed by atoms with E-state index in [0.29, 0.717) is 0 Å². The lowest BCUT2D eigenvalue weighted by Gasteiger charge is -2.12. The first-order valence-electron chi connectivity index (χ1n) is 5.27. The van der Waals surface area contributed by atoms with E-state index in [-0.39, 0.29) is 18.6 Å². The molecule has 1 atom stereocenters. The molecular formula is C11H14N2O5. The lowest BCUT2D eigenvalue weighted by atomic mass is 10.1. The molecule has 0 aromatic carbocycles. The summed E-state index contributed by atoms with van der Waals surface area (Å²) in [5, 5.41) is 11.2.